The molecule has 0 aliphatic carbocycles. The standard InChI is InChI=1S/C22H29N3O2.BrH/c1-17-14-24(15-18(17)2)12-13-25(22(23)26)20-8-10-21(11-9-20)27-16-19-6-4-3-5-7-19;/h3-11,17-18H,12-16H2,1-2H3,(H2,23,26);1H. The highest BCUT2D eigenvalue weighted by Crippen LogP contribution is 2.23. The number of ether oxygens (including phenoxy) is 1. The third-order valence-corrected chi connectivity index (χ3v) is 5.37. The van der Waals surface area contributed by atoms with Gasteiger partial charge in [0.25, 0.3) is 0 Å². The first-order valence-corrected chi connectivity index (χ1v) is 9.59. The number of amides is 2. The summed E-state index contributed by atoms with van der Waals surface area (Å²) in [7, 11) is 0. The van der Waals surface area contributed by atoms with Crippen molar-refractivity contribution >= 4 is 28.7 Å². The van der Waals surface area contributed by atoms with E-state index >= 15 is 0 Å². The fourth-order valence-corrected chi connectivity index (χ4v) is 3.50. The number of hydrogen-bond donors (Lipinski definition) is 1. The lowest BCUT2D eigenvalue weighted by Crippen LogP contribution is -2.41. The molecule has 0 radical (unpaired) electrons. The molecule has 1 heterocycles. The van der Waals surface area contributed by atoms with Crippen LogP contribution in [0.3, 0.4) is 0 Å². The van der Waals surface area contributed by atoms with E-state index in [1.807, 2.05) is 54.6 Å². The van der Waals surface area contributed by atoms with Gasteiger partial charge in [-0.05, 0) is 41.7 Å². The number of rotatable bonds is 7. The van der Waals surface area contributed by atoms with Gasteiger partial charge in [-0.25, -0.2) is 4.79 Å². The minimum atomic E-state index is -0.423. The van der Waals surface area contributed by atoms with Crippen molar-refractivity contribution in [3.8, 4) is 5.75 Å². The number of benzene rings is 2. The number of halogens is 1. The average molecular weight is 448 g/mol. The van der Waals surface area contributed by atoms with Crippen LogP contribution in [0.5, 0.6) is 5.75 Å². The fourth-order valence-electron chi connectivity index (χ4n) is 3.50. The van der Waals surface area contributed by atoms with Crippen LogP contribution in [0.2, 0.25) is 0 Å². The zero-order valence-corrected chi connectivity index (χ0v) is 18.3. The maximum atomic E-state index is 11.9. The zero-order valence-electron chi connectivity index (χ0n) is 16.6. The molecule has 1 aliphatic heterocycles. The first-order chi connectivity index (χ1) is 13.0. The van der Waals surface area contributed by atoms with Crippen LogP contribution in [-0.4, -0.2) is 37.1 Å². The number of anilines is 1. The third-order valence-electron chi connectivity index (χ3n) is 5.37. The van der Waals surface area contributed by atoms with Gasteiger partial charge in [0.15, 0.2) is 0 Å². The highest BCUT2D eigenvalue weighted by atomic mass is 79.9. The van der Waals surface area contributed by atoms with Crippen LogP contribution in [-0.2, 0) is 6.61 Å². The van der Waals surface area contributed by atoms with E-state index in [-0.39, 0.29) is 17.0 Å². The molecule has 2 aromatic rings. The topological polar surface area (TPSA) is 58.8 Å². The second-order valence-corrected chi connectivity index (χ2v) is 7.47. The smallest absolute Gasteiger partial charge is 0.319 e. The third kappa shape index (κ3) is 5.97. The van der Waals surface area contributed by atoms with Gasteiger partial charge in [-0.3, -0.25) is 4.90 Å². The van der Waals surface area contributed by atoms with Crippen molar-refractivity contribution in [1.82, 2.24) is 4.90 Å². The molecular formula is C22H30BrN3O2. The number of carbonyl (C=O) groups excluding carboxylic acids is 1. The Morgan fingerprint density at radius 3 is 2.25 bits per heavy atom. The first-order valence-electron chi connectivity index (χ1n) is 9.59. The Morgan fingerprint density at radius 1 is 1.07 bits per heavy atom. The number of likely N-dealkylation sites (tertiary alicyclic amines) is 1. The van der Waals surface area contributed by atoms with Crippen molar-refractivity contribution in [2.24, 2.45) is 17.6 Å². The van der Waals surface area contributed by atoms with Gasteiger partial charge >= 0.3 is 6.03 Å². The van der Waals surface area contributed by atoms with E-state index in [1.165, 1.54) is 0 Å². The van der Waals surface area contributed by atoms with E-state index in [1.54, 1.807) is 4.90 Å². The second-order valence-electron chi connectivity index (χ2n) is 7.47. The van der Waals surface area contributed by atoms with Crippen LogP contribution in [0, 0.1) is 11.8 Å². The Bertz CT molecular complexity index is 729. The van der Waals surface area contributed by atoms with Crippen LogP contribution in [0.1, 0.15) is 19.4 Å². The minimum absolute atomic E-state index is 0. The van der Waals surface area contributed by atoms with Crippen LogP contribution in [0.25, 0.3) is 0 Å². The summed E-state index contributed by atoms with van der Waals surface area (Å²) in [6.07, 6.45) is 0. The van der Waals surface area contributed by atoms with E-state index in [4.69, 9.17) is 10.5 Å². The molecule has 2 aromatic carbocycles. The molecule has 152 valence electrons. The Labute approximate surface area is 178 Å². The maximum Gasteiger partial charge on any atom is 0.319 e. The van der Waals surface area contributed by atoms with E-state index in [0.717, 1.165) is 36.6 Å². The molecule has 3 rings (SSSR count). The van der Waals surface area contributed by atoms with Crippen molar-refractivity contribution in [3.05, 3.63) is 60.2 Å². The molecule has 2 amide bonds. The predicted octanol–water partition coefficient (Wildman–Crippen LogP) is 4.32. The van der Waals surface area contributed by atoms with E-state index in [0.29, 0.717) is 25.0 Å². The summed E-state index contributed by atoms with van der Waals surface area (Å²) in [4.78, 5) is 16.0. The molecule has 2 N–H and O–H groups in total. The lowest BCUT2D eigenvalue weighted by molar-refractivity contribution is 0.252. The van der Waals surface area contributed by atoms with E-state index < -0.39 is 6.03 Å². The molecule has 28 heavy (non-hydrogen) atoms. The van der Waals surface area contributed by atoms with Crippen molar-refractivity contribution in [1.29, 1.82) is 0 Å². The number of hydrogen-bond acceptors (Lipinski definition) is 3. The predicted molar refractivity (Wildman–Crippen MR) is 119 cm³/mol. The van der Waals surface area contributed by atoms with Crippen molar-refractivity contribution in [2.45, 2.75) is 20.5 Å². The zero-order chi connectivity index (χ0) is 19.2. The largest absolute Gasteiger partial charge is 0.489 e. The van der Waals surface area contributed by atoms with E-state index in [2.05, 4.69) is 18.7 Å². The summed E-state index contributed by atoms with van der Waals surface area (Å²) in [6.45, 7) is 8.68. The number of primary amides is 1. The number of urea groups is 1. The molecule has 0 aromatic heterocycles. The van der Waals surface area contributed by atoms with Crippen molar-refractivity contribution in [3.63, 3.8) is 0 Å². The van der Waals surface area contributed by atoms with Gasteiger partial charge in [-0.15, -0.1) is 17.0 Å². The molecule has 1 fully saturated rings. The molecule has 0 bridgehead atoms. The first kappa shape index (κ1) is 22.2. The summed E-state index contributed by atoms with van der Waals surface area (Å²) >= 11 is 0. The summed E-state index contributed by atoms with van der Waals surface area (Å²) in [5.74, 6) is 2.18. The molecule has 6 heteroatoms. The fraction of sp³-hybridized carbons (Fsp3) is 0.409. The van der Waals surface area contributed by atoms with Gasteiger partial charge in [0.1, 0.15) is 12.4 Å². The Kier molecular flexibility index (Phi) is 8.33. The van der Waals surface area contributed by atoms with Crippen LogP contribution in [0.15, 0.2) is 54.6 Å². The second kappa shape index (κ2) is 10.5. The average Bonchev–Trinajstić information content (AvgIpc) is 2.99. The molecule has 0 saturated carbocycles. The van der Waals surface area contributed by atoms with Crippen LogP contribution >= 0.6 is 17.0 Å². The van der Waals surface area contributed by atoms with Gasteiger partial charge in [0.05, 0.1) is 0 Å². The quantitative estimate of drug-likeness (QED) is 0.687. The number of nitrogens with two attached hydrogens (primary N) is 1. The molecule has 0 spiro atoms. The summed E-state index contributed by atoms with van der Waals surface area (Å²) in [5.41, 5.74) is 7.54. The SMILES string of the molecule is Br.CC1CN(CCN(C(N)=O)c2ccc(OCc3ccccc3)cc2)CC1C. The summed E-state index contributed by atoms with van der Waals surface area (Å²) < 4.78 is 5.81. The molecule has 2 atom stereocenters. The van der Waals surface area contributed by atoms with E-state index in [9.17, 15) is 4.79 Å². The molecule has 5 nitrogen and oxygen atoms in total. The van der Waals surface area contributed by atoms with Crippen LogP contribution in [0.4, 0.5) is 10.5 Å². The maximum absolute atomic E-state index is 11.9. The Morgan fingerprint density at radius 2 is 1.68 bits per heavy atom. The number of nitrogens with zero attached hydrogens (tertiary/aromatic N) is 2. The van der Waals surface area contributed by atoms with Crippen LogP contribution < -0.4 is 15.4 Å². The van der Waals surface area contributed by atoms with Gasteiger partial charge < -0.3 is 15.4 Å². The lowest BCUT2D eigenvalue weighted by Gasteiger charge is -2.24. The van der Waals surface area contributed by atoms with Gasteiger partial charge in [0, 0.05) is 31.9 Å². The lowest BCUT2D eigenvalue weighted by atomic mass is 10.0. The summed E-state index contributed by atoms with van der Waals surface area (Å²) in [6, 6.07) is 17.2. The van der Waals surface area contributed by atoms with Gasteiger partial charge in [-0.1, -0.05) is 44.2 Å². The molecule has 2 unspecified atom stereocenters. The monoisotopic (exact) mass is 447 g/mol. The molecule has 1 aliphatic rings. The molecular weight excluding hydrogens is 418 g/mol. The molecule has 1 saturated heterocycles. The Balaban J connectivity index is 0.00000280. The van der Waals surface area contributed by atoms with Crippen molar-refractivity contribution in [2.75, 3.05) is 31.1 Å². The normalized spacial score (nSPS) is 19.1. The van der Waals surface area contributed by atoms with Gasteiger partial charge in [-0.2, -0.15) is 0 Å². The Hall–Kier alpha value is -2.05. The minimum Gasteiger partial charge on any atom is -0.489 e. The highest BCUT2D eigenvalue weighted by molar-refractivity contribution is 8.93. The number of carbonyl (C=O) groups is 1. The highest BCUT2D eigenvalue weighted by Gasteiger charge is 2.26. The van der Waals surface area contributed by atoms with Gasteiger partial charge in [0.2, 0.25) is 0 Å². The summed E-state index contributed by atoms with van der Waals surface area (Å²) in [5, 5.41) is 0. The van der Waals surface area contributed by atoms with Crippen molar-refractivity contribution < 1.29 is 9.53 Å².